The van der Waals surface area contributed by atoms with Crippen LogP contribution in [-0.2, 0) is 0 Å². The number of halogens is 3. The second kappa shape index (κ2) is 2.79. The molecule has 0 aliphatic rings. The van der Waals surface area contributed by atoms with Gasteiger partial charge in [0.25, 0.3) is 0 Å². The molecular formula is F3PS. The highest BCUT2D eigenvalue weighted by Crippen LogP contribution is 2.53. The highest BCUT2D eigenvalue weighted by Gasteiger charge is 2.00. The van der Waals surface area contributed by atoms with E-state index in [9.17, 15) is 12.3 Å². The van der Waals surface area contributed by atoms with E-state index in [2.05, 4.69) is 0 Å². The van der Waals surface area contributed by atoms with Gasteiger partial charge in [0.05, 0.1) is 0 Å². The SMILES string of the molecule is FSP(F)F. The zero-order valence-corrected chi connectivity index (χ0v) is 3.70. The molecule has 5 heteroatoms. The van der Waals surface area contributed by atoms with E-state index < -0.39 is 19.5 Å². The molecule has 0 atom stereocenters. The molecule has 32 valence electrons. The van der Waals surface area contributed by atoms with Crippen molar-refractivity contribution in [2.45, 2.75) is 0 Å². The fourth-order valence-corrected chi connectivity index (χ4v) is 0. The van der Waals surface area contributed by atoms with Crippen molar-refractivity contribution >= 4 is 19.5 Å². The average molecular weight is 120 g/mol. The highest BCUT2D eigenvalue weighted by atomic mass is 32.8. The molecule has 0 aromatic heterocycles. The van der Waals surface area contributed by atoms with E-state index in [1.165, 1.54) is 0 Å². The normalized spacial score (nSPS) is 9.60. The zero-order valence-electron chi connectivity index (χ0n) is 1.99. The topological polar surface area (TPSA) is 0 Å². The van der Waals surface area contributed by atoms with Crippen LogP contribution in [0.2, 0.25) is 0 Å². The molecule has 0 N–H and O–H groups in total. The van der Waals surface area contributed by atoms with Crippen LogP contribution in [0.1, 0.15) is 0 Å². The molecule has 0 unspecified atom stereocenters. The van der Waals surface area contributed by atoms with Gasteiger partial charge in [-0.3, -0.25) is 0 Å². The largest absolute Gasteiger partial charge is 0.359 e. The second-order valence-corrected chi connectivity index (χ2v) is 2.05. The summed E-state index contributed by atoms with van der Waals surface area (Å²) in [6.07, 6.45) is 0. The summed E-state index contributed by atoms with van der Waals surface area (Å²) in [4.78, 5) is 0. The maximum Gasteiger partial charge on any atom is 0.359 e. The van der Waals surface area contributed by atoms with E-state index in [0.29, 0.717) is 0 Å². The summed E-state index contributed by atoms with van der Waals surface area (Å²) in [7, 11) is -3.35. The highest BCUT2D eigenvalue weighted by molar-refractivity contribution is 8.49. The Morgan fingerprint density at radius 2 is 1.60 bits per heavy atom. The van der Waals surface area contributed by atoms with Crippen LogP contribution in [0.15, 0.2) is 0 Å². The molecule has 0 aliphatic heterocycles. The van der Waals surface area contributed by atoms with Crippen LogP contribution in [0.4, 0.5) is 12.3 Å². The molecule has 0 radical (unpaired) electrons. The van der Waals surface area contributed by atoms with Crippen molar-refractivity contribution in [3.05, 3.63) is 0 Å². The Kier molecular flexibility index (Phi) is 3.11. The molecule has 0 heterocycles. The van der Waals surface area contributed by atoms with E-state index in [4.69, 9.17) is 0 Å². The summed E-state index contributed by atoms with van der Waals surface area (Å²) < 4.78 is 31.1. The lowest BCUT2D eigenvalue weighted by Gasteiger charge is -1.73. The second-order valence-electron chi connectivity index (χ2n) is 0.271. The first kappa shape index (κ1) is 5.57. The van der Waals surface area contributed by atoms with E-state index in [1.807, 2.05) is 0 Å². The van der Waals surface area contributed by atoms with Gasteiger partial charge in [0.15, 0.2) is 0 Å². The first-order valence-electron chi connectivity index (χ1n) is 0.675. The monoisotopic (exact) mass is 120 g/mol. The van der Waals surface area contributed by atoms with Gasteiger partial charge < -0.3 is 0 Å². The van der Waals surface area contributed by atoms with E-state index in [1.54, 1.807) is 0 Å². The Hall–Kier alpha value is 0.570. The lowest BCUT2D eigenvalue weighted by atomic mass is 18.8. The summed E-state index contributed by atoms with van der Waals surface area (Å²) in [6, 6.07) is 0. The van der Waals surface area contributed by atoms with Crippen LogP contribution >= 0.6 is 19.5 Å². The summed E-state index contributed by atoms with van der Waals surface area (Å²) in [6.45, 7) is 0. The van der Waals surface area contributed by atoms with E-state index in [-0.39, 0.29) is 0 Å². The van der Waals surface area contributed by atoms with Gasteiger partial charge in [-0.1, -0.05) is 0 Å². The molecule has 0 bridgehead atoms. The fourth-order valence-electron chi connectivity index (χ4n) is 0. The Morgan fingerprint density at radius 3 is 1.60 bits per heavy atom. The van der Waals surface area contributed by atoms with Crippen molar-refractivity contribution in [1.29, 1.82) is 0 Å². The molecule has 0 aliphatic carbocycles. The van der Waals surface area contributed by atoms with Crippen LogP contribution in [-0.4, -0.2) is 0 Å². The third-order valence-corrected chi connectivity index (χ3v) is 0.469. The van der Waals surface area contributed by atoms with Gasteiger partial charge in [0.2, 0.25) is 0 Å². The zero-order chi connectivity index (χ0) is 4.28. The van der Waals surface area contributed by atoms with Gasteiger partial charge in [-0.25, -0.2) is 0 Å². The summed E-state index contributed by atoms with van der Waals surface area (Å²) in [5.41, 5.74) is 0. The molecule has 0 saturated heterocycles. The molecular weight excluding hydrogens is 120 g/mol. The first-order valence-corrected chi connectivity index (χ1v) is 3.12. The number of rotatable bonds is 1. The molecule has 0 aromatic carbocycles. The molecule has 0 nitrogen and oxygen atoms in total. The minimum Gasteiger partial charge on any atom is -0.173 e. The van der Waals surface area contributed by atoms with Crippen molar-refractivity contribution in [1.82, 2.24) is 0 Å². The van der Waals surface area contributed by atoms with Gasteiger partial charge in [0.1, 0.15) is 11.8 Å². The van der Waals surface area contributed by atoms with Crippen LogP contribution in [0.3, 0.4) is 0 Å². The van der Waals surface area contributed by atoms with E-state index >= 15 is 0 Å². The molecule has 0 rings (SSSR count). The lowest BCUT2D eigenvalue weighted by molar-refractivity contribution is 0.769. The molecule has 0 amide bonds. The Morgan fingerprint density at radius 1 is 1.40 bits per heavy atom. The standard InChI is InChI=1S/F3PS/c1-4(2)5-3. The van der Waals surface area contributed by atoms with Crippen molar-refractivity contribution in [2.75, 3.05) is 0 Å². The van der Waals surface area contributed by atoms with Crippen LogP contribution < -0.4 is 0 Å². The van der Waals surface area contributed by atoms with Crippen molar-refractivity contribution in [2.24, 2.45) is 0 Å². The van der Waals surface area contributed by atoms with Crippen molar-refractivity contribution in [3.8, 4) is 0 Å². The quantitative estimate of drug-likeness (QED) is 0.479. The molecule has 0 saturated carbocycles. The molecule has 0 fully saturated rings. The Balaban J connectivity index is 2.54. The Bertz CT molecular complexity index is 20.9. The van der Waals surface area contributed by atoms with Crippen LogP contribution in [0.25, 0.3) is 0 Å². The van der Waals surface area contributed by atoms with E-state index in [0.717, 1.165) is 0 Å². The maximum absolute atomic E-state index is 10.4. The van der Waals surface area contributed by atoms with Gasteiger partial charge in [-0.05, 0) is 0 Å². The average Bonchev–Trinajstić information content (AvgIpc) is 1.38. The number of hydrogen-bond acceptors (Lipinski definition) is 1. The van der Waals surface area contributed by atoms with Gasteiger partial charge in [0, 0.05) is 0 Å². The minimum atomic E-state index is -3.35. The van der Waals surface area contributed by atoms with Crippen LogP contribution in [0, 0.1) is 0 Å². The summed E-state index contributed by atoms with van der Waals surface area (Å²) in [5.74, 6) is 0. The van der Waals surface area contributed by atoms with Gasteiger partial charge in [-0.15, -0.1) is 0 Å². The fraction of sp³-hybridized carbons (Fsp3) is 0. The Labute approximate surface area is 32.8 Å². The molecule has 5 heavy (non-hydrogen) atoms. The van der Waals surface area contributed by atoms with Crippen molar-refractivity contribution in [3.63, 3.8) is 0 Å². The third kappa shape index (κ3) is 4.57. The summed E-state index contributed by atoms with van der Waals surface area (Å²) in [5, 5.41) is 0. The van der Waals surface area contributed by atoms with Crippen molar-refractivity contribution < 1.29 is 12.3 Å². The molecule has 0 aromatic rings. The first-order chi connectivity index (χ1) is 2.27. The minimum absolute atomic E-state index is 0.889. The third-order valence-electron chi connectivity index (χ3n) is 0.0522. The van der Waals surface area contributed by atoms with Crippen LogP contribution in [0.5, 0.6) is 0 Å². The maximum atomic E-state index is 10.4. The lowest BCUT2D eigenvalue weighted by Crippen LogP contribution is -1.19. The predicted molar refractivity (Wildman–Crippen MR) is 17.8 cm³/mol. The number of hydrogen-bond donors (Lipinski definition) is 0. The molecule has 0 spiro atoms. The smallest absolute Gasteiger partial charge is 0.173 e. The van der Waals surface area contributed by atoms with Gasteiger partial charge in [-0.2, -0.15) is 12.3 Å². The summed E-state index contributed by atoms with van der Waals surface area (Å²) >= 11 is -0.889. The van der Waals surface area contributed by atoms with Gasteiger partial charge >= 0.3 is 7.74 Å². The predicted octanol–water partition coefficient (Wildman–Crippen LogP) is 2.77.